The summed E-state index contributed by atoms with van der Waals surface area (Å²) in [6.07, 6.45) is 2.50. The van der Waals surface area contributed by atoms with Gasteiger partial charge in [-0.1, -0.05) is 12.1 Å². The lowest BCUT2D eigenvalue weighted by molar-refractivity contribution is 0.212. The van der Waals surface area contributed by atoms with Crippen LogP contribution < -0.4 is 10.2 Å². The van der Waals surface area contributed by atoms with Crippen molar-refractivity contribution >= 4 is 11.6 Å². The van der Waals surface area contributed by atoms with Gasteiger partial charge in [0.25, 0.3) is 0 Å². The molecule has 7 nitrogen and oxygen atoms in total. The number of phenols is 1. The molecule has 0 spiro atoms. The highest BCUT2D eigenvalue weighted by Crippen LogP contribution is 2.28. The van der Waals surface area contributed by atoms with E-state index in [0.717, 1.165) is 69.0 Å². The van der Waals surface area contributed by atoms with Crippen LogP contribution in [0.4, 0.5) is 5.69 Å². The van der Waals surface area contributed by atoms with Crippen LogP contribution in [-0.4, -0.2) is 73.7 Å². The summed E-state index contributed by atoms with van der Waals surface area (Å²) in [5.74, 6) is 3.26. The van der Waals surface area contributed by atoms with Crippen LogP contribution in [0.2, 0.25) is 0 Å². The number of benzene rings is 1. The zero-order valence-electron chi connectivity index (χ0n) is 18.0. The van der Waals surface area contributed by atoms with Gasteiger partial charge in [-0.05, 0) is 57.1 Å². The highest BCUT2D eigenvalue weighted by atomic mass is 16.3. The molecule has 4 rings (SSSR count). The molecule has 2 N–H and O–H groups in total. The first-order valence-electron chi connectivity index (χ1n) is 10.9. The third kappa shape index (κ3) is 4.56. The summed E-state index contributed by atoms with van der Waals surface area (Å²) in [7, 11) is 1.85. The number of rotatable bonds is 5. The lowest BCUT2D eigenvalue weighted by Gasteiger charge is -2.38. The van der Waals surface area contributed by atoms with Crippen molar-refractivity contribution in [2.75, 3.05) is 57.8 Å². The number of furan rings is 1. The van der Waals surface area contributed by atoms with E-state index >= 15 is 0 Å². The summed E-state index contributed by atoms with van der Waals surface area (Å²) in [6.45, 7) is 8.44. The average Bonchev–Trinajstić information content (AvgIpc) is 3.44. The molecule has 3 heterocycles. The standard InChI is InChI=1S/C23H33N5O2/c1-18-9-10-22(30-18)20(26-11-5-6-12-26)17-25-23(24-2)28-15-13-27(14-16-28)19-7-3-4-8-21(19)29/h3-4,7-10,20,29H,5-6,11-17H2,1-2H3,(H,24,25). The largest absolute Gasteiger partial charge is 0.506 e. The zero-order chi connectivity index (χ0) is 20.9. The minimum Gasteiger partial charge on any atom is -0.506 e. The first-order valence-corrected chi connectivity index (χ1v) is 10.9. The number of aryl methyl sites for hydroxylation is 1. The summed E-state index contributed by atoms with van der Waals surface area (Å²) in [6, 6.07) is 11.9. The Bertz CT molecular complexity index is 851. The molecule has 0 saturated carbocycles. The number of nitrogens with one attached hydrogen (secondary N) is 1. The maximum atomic E-state index is 10.1. The van der Waals surface area contributed by atoms with E-state index in [0.29, 0.717) is 5.75 Å². The summed E-state index contributed by atoms with van der Waals surface area (Å²) in [5, 5.41) is 13.7. The fourth-order valence-electron chi connectivity index (χ4n) is 4.51. The van der Waals surface area contributed by atoms with E-state index in [2.05, 4.69) is 31.1 Å². The predicted octanol–water partition coefficient (Wildman–Crippen LogP) is 2.83. The van der Waals surface area contributed by atoms with Gasteiger partial charge in [0.05, 0.1) is 11.7 Å². The Labute approximate surface area is 179 Å². The van der Waals surface area contributed by atoms with Crippen molar-refractivity contribution in [3.05, 3.63) is 47.9 Å². The Hall–Kier alpha value is -2.67. The topological polar surface area (TPSA) is 67.5 Å². The van der Waals surface area contributed by atoms with Crippen LogP contribution >= 0.6 is 0 Å². The Morgan fingerprint density at radius 2 is 1.80 bits per heavy atom. The van der Waals surface area contributed by atoms with E-state index in [1.165, 1.54) is 12.8 Å². The Balaban J connectivity index is 1.37. The number of para-hydroxylation sites is 2. The lowest BCUT2D eigenvalue weighted by Crippen LogP contribution is -2.53. The van der Waals surface area contributed by atoms with Gasteiger partial charge in [-0.25, -0.2) is 0 Å². The molecule has 162 valence electrons. The van der Waals surface area contributed by atoms with Gasteiger partial charge in [0.15, 0.2) is 5.96 Å². The van der Waals surface area contributed by atoms with Crippen molar-refractivity contribution in [2.45, 2.75) is 25.8 Å². The Morgan fingerprint density at radius 1 is 1.07 bits per heavy atom. The molecule has 1 aromatic heterocycles. The van der Waals surface area contributed by atoms with Gasteiger partial charge in [-0.15, -0.1) is 0 Å². The quantitative estimate of drug-likeness (QED) is 0.583. The number of hydrogen-bond donors (Lipinski definition) is 2. The Kier molecular flexibility index (Phi) is 6.47. The summed E-state index contributed by atoms with van der Waals surface area (Å²) in [4.78, 5) is 11.6. The number of phenolic OH excluding ortho intramolecular Hbond substituents is 1. The third-order valence-corrected chi connectivity index (χ3v) is 6.14. The minimum atomic E-state index is 0.223. The molecule has 2 aromatic rings. The van der Waals surface area contributed by atoms with E-state index in [4.69, 9.17) is 4.42 Å². The fourth-order valence-corrected chi connectivity index (χ4v) is 4.51. The normalized spacial score (nSPS) is 19.3. The van der Waals surface area contributed by atoms with Gasteiger partial charge < -0.3 is 24.6 Å². The number of likely N-dealkylation sites (tertiary alicyclic amines) is 1. The molecule has 1 atom stereocenters. The summed E-state index contributed by atoms with van der Waals surface area (Å²) >= 11 is 0. The number of guanidine groups is 1. The highest BCUT2D eigenvalue weighted by molar-refractivity contribution is 5.80. The number of aliphatic imine (C=N–C) groups is 1. The first-order chi connectivity index (χ1) is 14.7. The van der Waals surface area contributed by atoms with Crippen molar-refractivity contribution < 1.29 is 9.52 Å². The second-order valence-corrected chi connectivity index (χ2v) is 8.10. The van der Waals surface area contributed by atoms with Crippen molar-refractivity contribution in [3.8, 4) is 5.75 Å². The van der Waals surface area contributed by atoms with E-state index in [1.54, 1.807) is 6.07 Å². The van der Waals surface area contributed by atoms with E-state index < -0.39 is 0 Å². The molecule has 2 fully saturated rings. The molecule has 2 aliphatic rings. The fraction of sp³-hybridized carbons (Fsp3) is 0.522. The monoisotopic (exact) mass is 411 g/mol. The Morgan fingerprint density at radius 3 is 2.43 bits per heavy atom. The molecule has 7 heteroatoms. The van der Waals surface area contributed by atoms with Crippen LogP contribution in [0.25, 0.3) is 0 Å². The molecule has 0 bridgehead atoms. The van der Waals surface area contributed by atoms with E-state index in [9.17, 15) is 5.11 Å². The SMILES string of the molecule is CN=C(NCC(c1ccc(C)o1)N1CCCC1)N1CCN(c2ccccc2O)CC1. The van der Waals surface area contributed by atoms with Crippen LogP contribution in [0.1, 0.15) is 30.4 Å². The molecule has 2 saturated heterocycles. The van der Waals surface area contributed by atoms with E-state index in [1.807, 2.05) is 38.2 Å². The smallest absolute Gasteiger partial charge is 0.193 e. The first kappa shape index (κ1) is 20.6. The lowest BCUT2D eigenvalue weighted by atomic mass is 10.2. The highest BCUT2D eigenvalue weighted by Gasteiger charge is 2.27. The van der Waals surface area contributed by atoms with Crippen molar-refractivity contribution in [3.63, 3.8) is 0 Å². The van der Waals surface area contributed by atoms with Crippen LogP contribution in [0.15, 0.2) is 45.8 Å². The van der Waals surface area contributed by atoms with Gasteiger partial charge >= 0.3 is 0 Å². The number of piperazine rings is 1. The number of anilines is 1. The van der Waals surface area contributed by atoms with Crippen LogP contribution in [-0.2, 0) is 0 Å². The maximum absolute atomic E-state index is 10.1. The molecule has 0 amide bonds. The molecular formula is C23H33N5O2. The maximum Gasteiger partial charge on any atom is 0.193 e. The molecule has 0 radical (unpaired) electrons. The molecule has 0 aliphatic carbocycles. The summed E-state index contributed by atoms with van der Waals surface area (Å²) < 4.78 is 5.98. The second kappa shape index (κ2) is 9.43. The van der Waals surface area contributed by atoms with Gasteiger partial charge in [0.1, 0.15) is 17.3 Å². The predicted molar refractivity (Wildman–Crippen MR) is 120 cm³/mol. The number of hydrogen-bond acceptors (Lipinski definition) is 5. The number of aromatic hydroxyl groups is 1. The van der Waals surface area contributed by atoms with Crippen LogP contribution in [0, 0.1) is 6.92 Å². The second-order valence-electron chi connectivity index (χ2n) is 8.10. The van der Waals surface area contributed by atoms with E-state index in [-0.39, 0.29) is 6.04 Å². The molecule has 30 heavy (non-hydrogen) atoms. The number of nitrogens with zero attached hydrogens (tertiary/aromatic N) is 4. The van der Waals surface area contributed by atoms with Gasteiger partial charge in [-0.2, -0.15) is 0 Å². The van der Waals surface area contributed by atoms with Gasteiger partial charge in [-0.3, -0.25) is 9.89 Å². The molecule has 2 aliphatic heterocycles. The van der Waals surface area contributed by atoms with Crippen LogP contribution in [0.3, 0.4) is 0 Å². The third-order valence-electron chi connectivity index (χ3n) is 6.14. The van der Waals surface area contributed by atoms with Crippen LogP contribution in [0.5, 0.6) is 5.75 Å². The molecule has 1 unspecified atom stereocenters. The van der Waals surface area contributed by atoms with Crippen molar-refractivity contribution in [1.29, 1.82) is 0 Å². The molecular weight excluding hydrogens is 378 g/mol. The zero-order valence-corrected chi connectivity index (χ0v) is 18.0. The minimum absolute atomic E-state index is 0.223. The van der Waals surface area contributed by atoms with Crippen molar-refractivity contribution in [1.82, 2.24) is 15.1 Å². The van der Waals surface area contributed by atoms with Crippen molar-refractivity contribution in [2.24, 2.45) is 4.99 Å². The van der Waals surface area contributed by atoms with Gasteiger partial charge in [0.2, 0.25) is 0 Å². The summed E-state index contributed by atoms with van der Waals surface area (Å²) in [5.41, 5.74) is 0.905. The van der Waals surface area contributed by atoms with Gasteiger partial charge in [0, 0.05) is 39.8 Å². The average molecular weight is 412 g/mol. The molecule has 1 aromatic carbocycles.